The third kappa shape index (κ3) is 4.23. The molecule has 3 aromatic rings. The van der Waals surface area contributed by atoms with E-state index in [4.69, 9.17) is 23.2 Å². The van der Waals surface area contributed by atoms with Crippen molar-refractivity contribution in [3.05, 3.63) is 52.5 Å². The van der Waals surface area contributed by atoms with Crippen molar-refractivity contribution >= 4 is 45.7 Å². The minimum absolute atomic E-state index is 0.00626. The van der Waals surface area contributed by atoms with Crippen LogP contribution in [-0.4, -0.2) is 35.2 Å². The van der Waals surface area contributed by atoms with Crippen LogP contribution < -0.4 is 10.2 Å². The van der Waals surface area contributed by atoms with E-state index in [9.17, 15) is 4.79 Å². The number of aromatic nitrogens is 2. The lowest BCUT2D eigenvalue weighted by Gasteiger charge is -2.33. The van der Waals surface area contributed by atoms with E-state index in [1.165, 1.54) is 0 Å². The number of nitrogens with zero attached hydrogens (tertiary/aromatic N) is 3. The first-order chi connectivity index (χ1) is 14.4. The molecule has 30 heavy (non-hydrogen) atoms. The van der Waals surface area contributed by atoms with E-state index in [0.717, 1.165) is 53.8 Å². The van der Waals surface area contributed by atoms with Crippen LogP contribution in [0.5, 0.6) is 0 Å². The standard InChI is InChI=1S/C23H24Cl2N4O/c1-14(2)23(30)26-16-9-11-29(12-10-16)22-18-6-4-3-5-17(18)21(27-28-22)15-7-8-19(24)20(25)13-15/h3-8,13-14,16H,9-12H2,1-2H3,(H,26,30). The molecule has 2 heterocycles. The first-order valence-corrected chi connectivity index (χ1v) is 11.0. The number of carbonyl (C=O) groups is 1. The number of halogens is 2. The summed E-state index contributed by atoms with van der Waals surface area (Å²) >= 11 is 12.3. The number of amides is 1. The summed E-state index contributed by atoms with van der Waals surface area (Å²) in [5.41, 5.74) is 1.67. The highest BCUT2D eigenvalue weighted by Crippen LogP contribution is 2.34. The van der Waals surface area contributed by atoms with E-state index in [-0.39, 0.29) is 17.9 Å². The van der Waals surface area contributed by atoms with Crippen LogP contribution in [-0.2, 0) is 4.79 Å². The summed E-state index contributed by atoms with van der Waals surface area (Å²) < 4.78 is 0. The van der Waals surface area contributed by atoms with E-state index in [2.05, 4.69) is 32.5 Å². The Bertz CT molecular complexity index is 1080. The van der Waals surface area contributed by atoms with Crippen molar-refractivity contribution in [3.63, 3.8) is 0 Å². The Morgan fingerprint density at radius 1 is 1.03 bits per heavy atom. The predicted octanol–water partition coefficient (Wildman–Crippen LogP) is 5.34. The summed E-state index contributed by atoms with van der Waals surface area (Å²) in [5.74, 6) is 1.000. The molecule has 4 rings (SSSR count). The van der Waals surface area contributed by atoms with Gasteiger partial charge in [-0.05, 0) is 25.0 Å². The highest BCUT2D eigenvalue weighted by Gasteiger charge is 2.24. The van der Waals surface area contributed by atoms with Crippen molar-refractivity contribution < 1.29 is 4.79 Å². The quantitative estimate of drug-likeness (QED) is 0.591. The molecular weight excluding hydrogens is 419 g/mol. The van der Waals surface area contributed by atoms with Gasteiger partial charge >= 0.3 is 0 Å². The fraction of sp³-hybridized carbons (Fsp3) is 0.348. The maximum absolute atomic E-state index is 12.0. The zero-order valence-electron chi connectivity index (χ0n) is 17.0. The van der Waals surface area contributed by atoms with Crippen molar-refractivity contribution in [1.29, 1.82) is 0 Å². The van der Waals surface area contributed by atoms with Crippen molar-refractivity contribution in [2.45, 2.75) is 32.7 Å². The number of anilines is 1. The molecule has 1 aromatic heterocycles. The third-order valence-corrected chi connectivity index (χ3v) is 6.27. The fourth-order valence-corrected chi connectivity index (χ4v) is 4.08. The minimum Gasteiger partial charge on any atom is -0.354 e. The van der Waals surface area contributed by atoms with Gasteiger partial charge in [-0.25, -0.2) is 0 Å². The molecule has 156 valence electrons. The lowest BCUT2D eigenvalue weighted by atomic mass is 10.0. The van der Waals surface area contributed by atoms with Crippen molar-refractivity contribution in [2.75, 3.05) is 18.0 Å². The number of benzene rings is 2. The second-order valence-electron chi connectivity index (χ2n) is 7.97. The predicted molar refractivity (Wildman–Crippen MR) is 123 cm³/mol. The average molecular weight is 443 g/mol. The molecule has 7 heteroatoms. The van der Waals surface area contributed by atoms with Gasteiger partial charge < -0.3 is 10.2 Å². The minimum atomic E-state index is 0.00626. The van der Waals surface area contributed by atoms with Crippen LogP contribution >= 0.6 is 23.2 Å². The Kier molecular flexibility index (Phi) is 6.11. The van der Waals surface area contributed by atoms with Crippen molar-refractivity contribution in [3.8, 4) is 11.3 Å². The number of hydrogen-bond acceptors (Lipinski definition) is 4. The molecule has 0 unspecified atom stereocenters. The summed E-state index contributed by atoms with van der Waals surface area (Å²) in [6.07, 6.45) is 1.78. The Morgan fingerprint density at radius 3 is 2.40 bits per heavy atom. The molecule has 0 aliphatic carbocycles. The lowest BCUT2D eigenvalue weighted by Crippen LogP contribution is -2.46. The first kappa shape index (κ1) is 20.9. The Morgan fingerprint density at radius 2 is 1.73 bits per heavy atom. The van der Waals surface area contributed by atoms with Gasteiger partial charge in [0.15, 0.2) is 5.82 Å². The molecule has 5 nitrogen and oxygen atoms in total. The van der Waals surface area contributed by atoms with Crippen molar-refractivity contribution in [2.24, 2.45) is 5.92 Å². The fourth-order valence-electron chi connectivity index (χ4n) is 3.78. The molecule has 1 N–H and O–H groups in total. The van der Waals surface area contributed by atoms with Crippen molar-refractivity contribution in [1.82, 2.24) is 15.5 Å². The molecule has 0 bridgehead atoms. The molecule has 0 radical (unpaired) electrons. The normalized spacial score (nSPS) is 15.0. The van der Waals surface area contributed by atoms with Gasteiger partial charge in [-0.3, -0.25) is 4.79 Å². The van der Waals surface area contributed by atoms with E-state index >= 15 is 0 Å². The van der Waals surface area contributed by atoms with E-state index in [1.54, 1.807) is 6.07 Å². The van der Waals surface area contributed by atoms with Gasteiger partial charge in [-0.1, -0.05) is 67.4 Å². The van der Waals surface area contributed by atoms with Crippen LogP contribution in [0.2, 0.25) is 10.0 Å². The Balaban J connectivity index is 1.61. The van der Waals surface area contributed by atoms with Crippen LogP contribution in [0, 0.1) is 5.92 Å². The highest BCUT2D eigenvalue weighted by molar-refractivity contribution is 6.42. The maximum Gasteiger partial charge on any atom is 0.222 e. The molecular formula is C23H24Cl2N4O. The zero-order chi connectivity index (χ0) is 21.3. The van der Waals surface area contributed by atoms with Crippen LogP contribution in [0.1, 0.15) is 26.7 Å². The Hall–Kier alpha value is -2.37. The lowest BCUT2D eigenvalue weighted by molar-refractivity contribution is -0.124. The van der Waals surface area contributed by atoms with Gasteiger partial charge in [0.25, 0.3) is 0 Å². The number of nitrogens with one attached hydrogen (secondary N) is 1. The maximum atomic E-state index is 12.0. The second kappa shape index (κ2) is 8.78. The number of rotatable bonds is 4. The molecule has 1 fully saturated rings. The number of fused-ring (bicyclic) bond motifs is 1. The van der Waals surface area contributed by atoms with E-state index < -0.39 is 0 Å². The van der Waals surface area contributed by atoms with Crippen LogP contribution in [0.4, 0.5) is 5.82 Å². The first-order valence-electron chi connectivity index (χ1n) is 10.2. The van der Waals surface area contributed by atoms with Gasteiger partial charge in [-0.2, -0.15) is 0 Å². The second-order valence-corrected chi connectivity index (χ2v) is 8.79. The summed E-state index contributed by atoms with van der Waals surface area (Å²) in [7, 11) is 0. The number of carbonyl (C=O) groups excluding carboxylic acids is 1. The van der Waals surface area contributed by atoms with E-state index in [0.29, 0.717) is 10.0 Å². The van der Waals surface area contributed by atoms with Crippen LogP contribution in [0.15, 0.2) is 42.5 Å². The number of piperidine rings is 1. The Labute approximate surface area is 186 Å². The third-order valence-electron chi connectivity index (χ3n) is 5.53. The summed E-state index contributed by atoms with van der Waals surface area (Å²) in [5, 5.41) is 15.4. The largest absolute Gasteiger partial charge is 0.354 e. The van der Waals surface area contributed by atoms with Gasteiger partial charge in [0.2, 0.25) is 5.91 Å². The van der Waals surface area contributed by atoms with E-state index in [1.807, 2.05) is 38.1 Å². The topological polar surface area (TPSA) is 58.1 Å². The SMILES string of the molecule is CC(C)C(=O)NC1CCN(c2nnc(-c3ccc(Cl)c(Cl)c3)c3ccccc23)CC1. The highest BCUT2D eigenvalue weighted by atomic mass is 35.5. The summed E-state index contributed by atoms with van der Waals surface area (Å²) in [6.45, 7) is 5.49. The zero-order valence-corrected chi connectivity index (χ0v) is 18.5. The smallest absolute Gasteiger partial charge is 0.222 e. The molecule has 1 saturated heterocycles. The van der Waals surface area contributed by atoms with Crippen LogP contribution in [0.25, 0.3) is 22.0 Å². The monoisotopic (exact) mass is 442 g/mol. The molecule has 1 aliphatic heterocycles. The van der Waals surface area contributed by atoms with Gasteiger partial charge in [0.1, 0.15) is 5.69 Å². The number of hydrogen-bond donors (Lipinski definition) is 1. The average Bonchev–Trinajstić information content (AvgIpc) is 2.75. The molecule has 0 atom stereocenters. The molecule has 1 aliphatic rings. The molecule has 2 aromatic carbocycles. The van der Waals surface area contributed by atoms with Gasteiger partial charge in [0.05, 0.1) is 10.0 Å². The summed E-state index contributed by atoms with van der Waals surface area (Å²) in [4.78, 5) is 14.2. The molecule has 0 saturated carbocycles. The van der Waals surface area contributed by atoms with Crippen LogP contribution in [0.3, 0.4) is 0 Å². The van der Waals surface area contributed by atoms with Gasteiger partial charge in [0, 0.05) is 41.4 Å². The summed E-state index contributed by atoms with van der Waals surface area (Å²) in [6, 6.07) is 13.9. The van der Waals surface area contributed by atoms with Gasteiger partial charge in [-0.15, -0.1) is 10.2 Å². The molecule has 0 spiro atoms. The molecule has 1 amide bonds.